The van der Waals surface area contributed by atoms with Crippen molar-refractivity contribution < 1.29 is 89.4 Å². The smallest absolute Gasteiger partial charge is 0.220 e. The molecular weight excluding hydrogens is 1390 g/mol. The fourth-order valence-electron chi connectivity index (χ4n) is 15.5. The van der Waals surface area contributed by atoms with Gasteiger partial charge in [0, 0.05) is 6.42 Å². The van der Waals surface area contributed by atoms with Crippen LogP contribution in [0.15, 0.2) is 48.6 Å². The molecule has 0 radical (unpaired) electrons. The van der Waals surface area contributed by atoms with Crippen LogP contribution in [0.2, 0.25) is 0 Å². The van der Waals surface area contributed by atoms with E-state index in [1.54, 1.807) is 6.08 Å². The molecule has 0 aromatic heterocycles. The molecule has 3 heterocycles. The number of amides is 1. The second-order valence-electron chi connectivity index (χ2n) is 32.7. The highest BCUT2D eigenvalue weighted by Gasteiger charge is 2.54. The van der Waals surface area contributed by atoms with Crippen molar-refractivity contribution in [3.63, 3.8) is 0 Å². The monoisotopic (exact) mass is 1560 g/mol. The van der Waals surface area contributed by atoms with E-state index in [-0.39, 0.29) is 18.9 Å². The van der Waals surface area contributed by atoms with Gasteiger partial charge in [-0.15, -0.1) is 0 Å². The molecule has 0 bridgehead atoms. The van der Waals surface area contributed by atoms with Crippen LogP contribution in [0.3, 0.4) is 0 Å². The zero-order chi connectivity index (χ0) is 79.5. The summed E-state index contributed by atoms with van der Waals surface area (Å²) in [5, 5.41) is 121. The zero-order valence-corrected chi connectivity index (χ0v) is 69.8. The first kappa shape index (κ1) is 102. The predicted octanol–water partition coefficient (Wildman–Crippen LogP) is 17.6. The quantitative estimate of drug-likeness (QED) is 0.0199. The lowest BCUT2D eigenvalue weighted by atomic mass is 9.96. The van der Waals surface area contributed by atoms with Crippen LogP contribution in [0.1, 0.15) is 393 Å². The van der Waals surface area contributed by atoms with Crippen molar-refractivity contribution in [1.29, 1.82) is 0 Å². The van der Waals surface area contributed by atoms with E-state index in [1.807, 2.05) is 6.08 Å². The predicted molar refractivity (Wildman–Crippen MR) is 443 cm³/mol. The first-order valence-electron chi connectivity index (χ1n) is 45.9. The summed E-state index contributed by atoms with van der Waals surface area (Å²) in [6.07, 6.45) is 65.7. The molecule has 12 N–H and O–H groups in total. The Labute approximate surface area is 669 Å². The number of nitrogens with one attached hydrogen (secondary N) is 1. The summed E-state index contributed by atoms with van der Waals surface area (Å²) in [6, 6.07) is -0.998. The Balaban J connectivity index is 1.31. The first-order valence-corrected chi connectivity index (χ1v) is 45.9. The van der Waals surface area contributed by atoms with Gasteiger partial charge < -0.3 is 89.9 Å². The van der Waals surface area contributed by atoms with Gasteiger partial charge in [-0.05, 0) is 70.6 Å². The van der Waals surface area contributed by atoms with Crippen LogP contribution in [0, 0.1) is 0 Å². The summed E-state index contributed by atoms with van der Waals surface area (Å²) in [6.45, 7) is 1.77. The van der Waals surface area contributed by atoms with Crippen molar-refractivity contribution in [2.45, 2.75) is 497 Å². The van der Waals surface area contributed by atoms with Gasteiger partial charge in [0.05, 0.1) is 38.6 Å². The molecule has 3 aliphatic heterocycles. The Morgan fingerprint density at radius 1 is 0.318 bits per heavy atom. The maximum absolute atomic E-state index is 13.5. The number of ether oxygens (including phenoxy) is 6. The molecule has 1 amide bonds. The molecule has 110 heavy (non-hydrogen) atoms. The molecule has 0 aromatic carbocycles. The lowest BCUT2D eigenvalue weighted by Gasteiger charge is -2.48. The molecule has 17 unspecified atom stereocenters. The molecule has 0 aromatic rings. The average molecular weight is 1570 g/mol. The number of carbonyl (C=O) groups is 1. The molecule has 19 nitrogen and oxygen atoms in total. The molecule has 0 spiro atoms. The van der Waals surface area contributed by atoms with Gasteiger partial charge in [-0.25, -0.2) is 0 Å². The summed E-state index contributed by atoms with van der Waals surface area (Å²) in [5.74, 6) is -0.282. The number of aliphatic hydroxyl groups is 11. The molecular formula is C91H169NO18. The standard InChI is InChI=1S/C91H169NO18/c1-3-5-7-9-11-13-15-17-19-21-23-25-27-29-31-32-33-34-35-36-37-38-39-40-41-42-43-45-47-49-51-53-55-57-59-61-63-65-67-69-79(97)92-74(75(96)68-66-64-62-60-58-56-54-52-50-48-46-44-30-28-26-24-22-20-18-16-14-12-10-8-6-4-2)73-105-89-85(103)82(100)87(77(71-94)107-89)110-91-86(104)83(101)88(78(72-95)108-91)109-90-84(102)81(99)80(98)76(70-93)106-90/h21,23,50,52,58,60,66,68,74-78,80-91,93-96,98-104H,3-20,22,24-49,51,53-57,59,61-65,67,69-73H2,1-2H3,(H,92,97)/b23-21-,52-50+,60-58+,68-66+. The number of rotatable bonds is 75. The first-order chi connectivity index (χ1) is 53.8. The Morgan fingerprint density at radius 3 is 0.909 bits per heavy atom. The Hall–Kier alpha value is -2.25. The summed E-state index contributed by atoms with van der Waals surface area (Å²) in [7, 11) is 0. The van der Waals surface area contributed by atoms with Gasteiger partial charge in [-0.2, -0.15) is 0 Å². The second kappa shape index (κ2) is 70.9. The largest absolute Gasteiger partial charge is 0.394 e. The lowest BCUT2D eigenvalue weighted by molar-refractivity contribution is -0.379. The summed E-state index contributed by atoms with van der Waals surface area (Å²) >= 11 is 0. The van der Waals surface area contributed by atoms with Gasteiger partial charge in [0.15, 0.2) is 18.9 Å². The highest BCUT2D eigenvalue weighted by Crippen LogP contribution is 2.34. The zero-order valence-electron chi connectivity index (χ0n) is 69.8. The van der Waals surface area contributed by atoms with Crippen molar-refractivity contribution in [2.24, 2.45) is 0 Å². The fourth-order valence-corrected chi connectivity index (χ4v) is 15.5. The van der Waals surface area contributed by atoms with Crippen molar-refractivity contribution >= 4 is 5.91 Å². The SMILES string of the molecule is CCCCCCCCCC/C=C\CCCCCCCCCCCCCCCCCCCCCCCCCCCCCC(=O)NC(COC1OC(CO)C(OC2OC(CO)C(OC3OC(CO)C(O)C(O)C3O)C(O)C2O)C(O)C1O)C(O)/C=C/CC/C=C/CC/C=C/CCCCCCCCCCCCCCCCCC. The van der Waals surface area contributed by atoms with Gasteiger partial charge in [-0.1, -0.05) is 364 Å². The minimum Gasteiger partial charge on any atom is -0.394 e. The number of carbonyl (C=O) groups excluding carboxylic acids is 1. The third kappa shape index (κ3) is 49.1. The van der Waals surface area contributed by atoms with Crippen molar-refractivity contribution in [3.8, 4) is 0 Å². The van der Waals surface area contributed by atoms with Gasteiger partial charge in [-0.3, -0.25) is 4.79 Å². The van der Waals surface area contributed by atoms with E-state index in [4.69, 9.17) is 28.4 Å². The Kier molecular flexibility index (Phi) is 65.7. The summed E-state index contributed by atoms with van der Waals surface area (Å²) in [5.41, 5.74) is 0. The van der Waals surface area contributed by atoms with Crippen LogP contribution >= 0.6 is 0 Å². The number of hydrogen-bond donors (Lipinski definition) is 12. The maximum atomic E-state index is 13.5. The van der Waals surface area contributed by atoms with E-state index in [2.05, 4.69) is 55.6 Å². The molecule has 0 aliphatic carbocycles. The van der Waals surface area contributed by atoms with Crippen molar-refractivity contribution in [3.05, 3.63) is 48.6 Å². The van der Waals surface area contributed by atoms with E-state index < -0.39 is 124 Å². The maximum Gasteiger partial charge on any atom is 0.220 e. The van der Waals surface area contributed by atoms with Crippen molar-refractivity contribution in [1.82, 2.24) is 5.32 Å². The fraction of sp³-hybridized carbons (Fsp3) is 0.901. The third-order valence-corrected chi connectivity index (χ3v) is 22.8. The second-order valence-corrected chi connectivity index (χ2v) is 32.7. The number of unbranched alkanes of at least 4 members (excludes halogenated alkanes) is 53. The summed E-state index contributed by atoms with van der Waals surface area (Å²) in [4.78, 5) is 13.5. The van der Waals surface area contributed by atoms with Crippen LogP contribution in [0.4, 0.5) is 0 Å². The van der Waals surface area contributed by atoms with Gasteiger partial charge in [0.25, 0.3) is 0 Å². The van der Waals surface area contributed by atoms with E-state index in [1.165, 1.54) is 315 Å². The molecule has 0 saturated carbocycles. The average Bonchev–Trinajstić information content (AvgIpc) is 0.780. The minimum absolute atomic E-state index is 0.236. The van der Waals surface area contributed by atoms with Gasteiger partial charge in [0.2, 0.25) is 5.91 Å². The van der Waals surface area contributed by atoms with E-state index in [9.17, 15) is 61.0 Å². The molecule has 19 heteroatoms. The molecule has 646 valence electrons. The molecule has 3 saturated heterocycles. The third-order valence-electron chi connectivity index (χ3n) is 22.8. The van der Waals surface area contributed by atoms with Crippen LogP contribution in [0.5, 0.6) is 0 Å². The lowest BCUT2D eigenvalue weighted by Crippen LogP contribution is -2.66. The number of aliphatic hydroxyl groups excluding tert-OH is 11. The van der Waals surface area contributed by atoms with E-state index >= 15 is 0 Å². The number of allylic oxidation sites excluding steroid dienone is 7. The van der Waals surface area contributed by atoms with Crippen molar-refractivity contribution in [2.75, 3.05) is 26.4 Å². The summed E-state index contributed by atoms with van der Waals surface area (Å²) < 4.78 is 34.5. The minimum atomic E-state index is -1.98. The van der Waals surface area contributed by atoms with Crippen LogP contribution in [0.25, 0.3) is 0 Å². The van der Waals surface area contributed by atoms with Crippen LogP contribution in [-0.2, 0) is 33.2 Å². The Morgan fingerprint density at radius 2 is 0.582 bits per heavy atom. The normalized spacial score (nSPS) is 25.3. The van der Waals surface area contributed by atoms with E-state index in [0.717, 1.165) is 44.9 Å². The van der Waals surface area contributed by atoms with E-state index in [0.29, 0.717) is 12.8 Å². The molecule has 17 atom stereocenters. The highest BCUT2D eigenvalue weighted by molar-refractivity contribution is 5.76. The van der Waals surface area contributed by atoms with Gasteiger partial charge >= 0.3 is 0 Å². The van der Waals surface area contributed by atoms with Crippen LogP contribution in [-0.4, -0.2) is 193 Å². The topological polar surface area (TPSA) is 307 Å². The number of hydrogen-bond acceptors (Lipinski definition) is 18. The molecule has 3 rings (SSSR count). The molecule has 3 fully saturated rings. The molecule has 3 aliphatic rings. The highest BCUT2D eigenvalue weighted by atomic mass is 16.8. The van der Waals surface area contributed by atoms with Gasteiger partial charge in [0.1, 0.15) is 73.2 Å². The van der Waals surface area contributed by atoms with Crippen LogP contribution < -0.4 is 5.32 Å². The Bertz CT molecular complexity index is 2170.